The van der Waals surface area contributed by atoms with E-state index < -0.39 is 0 Å². The highest BCUT2D eigenvalue weighted by Crippen LogP contribution is 2.56. The third-order valence-electron chi connectivity index (χ3n) is 5.68. The smallest absolute Gasteiger partial charge is 0.0857 e. The van der Waals surface area contributed by atoms with Crippen LogP contribution in [0.1, 0.15) is 17.2 Å². The van der Waals surface area contributed by atoms with Crippen LogP contribution in [0.4, 0.5) is 11.4 Å². The molecule has 4 aromatic rings. The summed E-state index contributed by atoms with van der Waals surface area (Å²) in [6.07, 6.45) is 0. The Bertz CT molecular complexity index is 974. The van der Waals surface area contributed by atoms with Crippen molar-refractivity contribution in [2.45, 2.75) is 6.04 Å². The van der Waals surface area contributed by atoms with Gasteiger partial charge in [0, 0.05) is 22.5 Å². The zero-order valence-corrected chi connectivity index (χ0v) is 14.3. The first-order valence-electron chi connectivity index (χ1n) is 9.09. The molecular formula is C25H17N. The third-order valence-corrected chi connectivity index (χ3v) is 5.68. The lowest BCUT2D eigenvalue weighted by molar-refractivity contribution is 0.802. The second-order valence-corrected chi connectivity index (χ2v) is 6.98. The van der Waals surface area contributed by atoms with Gasteiger partial charge in [0.15, 0.2) is 0 Å². The first-order valence-corrected chi connectivity index (χ1v) is 9.09. The monoisotopic (exact) mass is 331 g/mol. The van der Waals surface area contributed by atoms with Gasteiger partial charge in [0.05, 0.1) is 6.04 Å². The molecule has 0 saturated heterocycles. The van der Waals surface area contributed by atoms with Gasteiger partial charge in [-0.25, -0.2) is 0 Å². The Balaban J connectivity index is 1.77. The van der Waals surface area contributed by atoms with Crippen LogP contribution in [0, 0.1) is 0 Å². The first kappa shape index (κ1) is 13.9. The molecule has 0 atom stereocenters. The number of fused-ring (bicyclic) bond motifs is 11. The molecule has 0 N–H and O–H groups in total. The molecule has 0 aliphatic carbocycles. The van der Waals surface area contributed by atoms with Gasteiger partial charge >= 0.3 is 0 Å². The van der Waals surface area contributed by atoms with Crippen molar-refractivity contribution in [1.29, 1.82) is 0 Å². The largest absolute Gasteiger partial charge is 0.329 e. The molecule has 0 spiro atoms. The average Bonchev–Trinajstić information content (AvgIpc) is 2.73. The van der Waals surface area contributed by atoms with Gasteiger partial charge in [-0.2, -0.15) is 0 Å². The van der Waals surface area contributed by atoms with E-state index in [-0.39, 0.29) is 6.04 Å². The summed E-state index contributed by atoms with van der Waals surface area (Å²) in [6, 6.07) is 35.5. The molecule has 0 bridgehead atoms. The molecule has 2 heterocycles. The minimum Gasteiger partial charge on any atom is -0.329 e. The van der Waals surface area contributed by atoms with Crippen LogP contribution in [0.5, 0.6) is 0 Å². The molecule has 6 rings (SSSR count). The molecule has 0 amide bonds. The molecule has 1 nitrogen and oxygen atoms in total. The zero-order valence-electron chi connectivity index (χ0n) is 14.3. The van der Waals surface area contributed by atoms with Crippen LogP contribution in [0.15, 0.2) is 97.1 Å². The molecule has 0 unspecified atom stereocenters. The van der Waals surface area contributed by atoms with Crippen LogP contribution in [-0.4, -0.2) is 0 Å². The fraction of sp³-hybridized carbons (Fsp3) is 0.0400. The summed E-state index contributed by atoms with van der Waals surface area (Å²) in [5.41, 5.74) is 10.7. The Morgan fingerprint density at radius 3 is 1.31 bits per heavy atom. The van der Waals surface area contributed by atoms with Gasteiger partial charge in [0.2, 0.25) is 0 Å². The van der Waals surface area contributed by atoms with E-state index in [1.807, 2.05) is 0 Å². The van der Waals surface area contributed by atoms with Gasteiger partial charge in [0.1, 0.15) is 0 Å². The summed E-state index contributed by atoms with van der Waals surface area (Å²) in [5.74, 6) is 0. The van der Waals surface area contributed by atoms with E-state index in [4.69, 9.17) is 0 Å². The number of hydrogen-bond donors (Lipinski definition) is 0. The Morgan fingerprint density at radius 2 is 0.808 bits per heavy atom. The Hall–Kier alpha value is -3.32. The van der Waals surface area contributed by atoms with Crippen molar-refractivity contribution in [2.24, 2.45) is 0 Å². The quantitative estimate of drug-likeness (QED) is 0.352. The van der Waals surface area contributed by atoms with Gasteiger partial charge in [-0.3, -0.25) is 0 Å². The van der Waals surface area contributed by atoms with Crippen molar-refractivity contribution in [3.05, 3.63) is 108 Å². The number of hydrogen-bond acceptors (Lipinski definition) is 1. The van der Waals surface area contributed by atoms with Crippen LogP contribution in [-0.2, 0) is 0 Å². The summed E-state index contributed by atoms with van der Waals surface area (Å²) in [7, 11) is 0. The molecule has 122 valence electrons. The molecule has 0 fully saturated rings. The molecule has 26 heavy (non-hydrogen) atoms. The van der Waals surface area contributed by atoms with Crippen LogP contribution >= 0.6 is 0 Å². The highest BCUT2D eigenvalue weighted by Gasteiger charge is 2.38. The number of anilines is 2. The summed E-state index contributed by atoms with van der Waals surface area (Å²) >= 11 is 0. The minimum atomic E-state index is 0.215. The van der Waals surface area contributed by atoms with Crippen molar-refractivity contribution < 1.29 is 0 Å². The molecule has 4 aromatic carbocycles. The second kappa shape index (κ2) is 5.09. The van der Waals surface area contributed by atoms with Gasteiger partial charge in [-0.05, 0) is 34.4 Å². The first-order chi connectivity index (χ1) is 12.9. The summed E-state index contributed by atoms with van der Waals surface area (Å²) in [6.45, 7) is 0. The molecule has 2 aliphatic heterocycles. The molecular weight excluding hydrogens is 314 g/mol. The van der Waals surface area contributed by atoms with Gasteiger partial charge in [-0.15, -0.1) is 0 Å². The minimum absolute atomic E-state index is 0.215. The van der Waals surface area contributed by atoms with Crippen molar-refractivity contribution in [3.8, 4) is 22.3 Å². The molecule has 0 radical (unpaired) electrons. The van der Waals surface area contributed by atoms with Crippen LogP contribution in [0.3, 0.4) is 0 Å². The standard InChI is InChI=1S/C25H17N/c1-3-13-21-17(9-1)19-11-5-7-15-23(19)26-24-16-8-6-12-20(24)18-10-2-4-14-22(18)25(21)26/h1-16,25H. The Labute approximate surface area is 153 Å². The highest BCUT2D eigenvalue weighted by atomic mass is 15.2. The van der Waals surface area contributed by atoms with Crippen LogP contribution in [0.25, 0.3) is 22.3 Å². The fourth-order valence-corrected chi connectivity index (χ4v) is 4.64. The number of para-hydroxylation sites is 2. The maximum atomic E-state index is 2.52. The summed E-state index contributed by atoms with van der Waals surface area (Å²) < 4.78 is 0. The van der Waals surface area contributed by atoms with Gasteiger partial charge in [-0.1, -0.05) is 84.9 Å². The van der Waals surface area contributed by atoms with Gasteiger partial charge in [0.25, 0.3) is 0 Å². The molecule has 0 saturated carbocycles. The van der Waals surface area contributed by atoms with Crippen LogP contribution < -0.4 is 4.90 Å². The van der Waals surface area contributed by atoms with Crippen molar-refractivity contribution >= 4 is 11.4 Å². The lowest BCUT2D eigenvalue weighted by Crippen LogP contribution is -2.32. The lowest BCUT2D eigenvalue weighted by Gasteiger charge is -2.45. The predicted molar refractivity (Wildman–Crippen MR) is 108 cm³/mol. The number of nitrogens with zero attached hydrogens (tertiary/aromatic N) is 1. The molecule has 1 heteroatoms. The van der Waals surface area contributed by atoms with E-state index in [0.717, 1.165) is 0 Å². The van der Waals surface area contributed by atoms with Gasteiger partial charge < -0.3 is 4.90 Å². The Morgan fingerprint density at radius 1 is 0.423 bits per heavy atom. The molecule has 2 aliphatic rings. The van der Waals surface area contributed by atoms with Crippen molar-refractivity contribution in [3.63, 3.8) is 0 Å². The van der Waals surface area contributed by atoms with E-state index in [0.29, 0.717) is 0 Å². The van der Waals surface area contributed by atoms with E-state index in [2.05, 4.69) is 102 Å². The second-order valence-electron chi connectivity index (χ2n) is 6.98. The SMILES string of the molecule is c1ccc2c(c1)-c1ccccc1N1c3ccccc3-c3ccccc3C21. The van der Waals surface area contributed by atoms with E-state index in [1.54, 1.807) is 0 Å². The average molecular weight is 331 g/mol. The summed E-state index contributed by atoms with van der Waals surface area (Å²) in [4.78, 5) is 2.52. The maximum absolute atomic E-state index is 2.52. The maximum Gasteiger partial charge on any atom is 0.0857 e. The van der Waals surface area contributed by atoms with Crippen molar-refractivity contribution in [2.75, 3.05) is 4.90 Å². The zero-order chi connectivity index (χ0) is 17.1. The Kier molecular flexibility index (Phi) is 2.72. The number of rotatable bonds is 0. The topological polar surface area (TPSA) is 3.24 Å². The van der Waals surface area contributed by atoms with E-state index in [9.17, 15) is 0 Å². The van der Waals surface area contributed by atoms with E-state index in [1.165, 1.54) is 44.8 Å². The predicted octanol–water partition coefficient (Wildman–Crippen LogP) is 6.58. The lowest BCUT2D eigenvalue weighted by atomic mass is 9.79. The number of benzene rings is 4. The molecule has 0 aromatic heterocycles. The fourth-order valence-electron chi connectivity index (χ4n) is 4.64. The van der Waals surface area contributed by atoms with Crippen molar-refractivity contribution in [1.82, 2.24) is 0 Å². The normalized spacial score (nSPS) is 13.9. The highest BCUT2D eigenvalue weighted by molar-refractivity contribution is 5.96. The van der Waals surface area contributed by atoms with Crippen LogP contribution in [0.2, 0.25) is 0 Å². The summed E-state index contributed by atoms with van der Waals surface area (Å²) in [5, 5.41) is 0. The van der Waals surface area contributed by atoms with E-state index >= 15 is 0 Å². The third kappa shape index (κ3) is 1.70.